The molecule has 0 heterocycles. The first kappa shape index (κ1) is 13.9. The van der Waals surface area contributed by atoms with Gasteiger partial charge in [-0.1, -0.05) is 17.7 Å². The molecule has 0 bridgehead atoms. The number of hydrogen-bond donors (Lipinski definition) is 2. The lowest BCUT2D eigenvalue weighted by atomic mass is 10.2. The van der Waals surface area contributed by atoms with Crippen molar-refractivity contribution >= 4 is 28.3 Å². The zero-order valence-corrected chi connectivity index (χ0v) is 11.8. The highest BCUT2D eigenvalue weighted by Crippen LogP contribution is 2.21. The first-order chi connectivity index (χ1) is 8.88. The third kappa shape index (κ3) is 3.27. The average Bonchev–Trinajstić information content (AvgIpc) is 2.33. The number of rotatable bonds is 3. The van der Waals surface area contributed by atoms with Crippen LogP contribution in [0.4, 0.5) is 10.1 Å². The van der Waals surface area contributed by atoms with E-state index in [1.54, 1.807) is 12.1 Å². The number of sulfonamides is 1. The second-order valence-electron chi connectivity index (χ2n) is 4.08. The van der Waals surface area contributed by atoms with Gasteiger partial charge in [-0.05, 0) is 37.3 Å². The monoisotopic (exact) mass is 297 g/mol. The highest BCUT2D eigenvalue weighted by atomic mass is 32.2. The van der Waals surface area contributed by atoms with Crippen molar-refractivity contribution in [2.24, 2.45) is 0 Å². The molecule has 0 aliphatic rings. The second-order valence-corrected chi connectivity index (χ2v) is 6.28. The number of nitrogens with one attached hydrogen (secondary N) is 1. The topological polar surface area (TPSA) is 46.2 Å². The smallest absolute Gasteiger partial charge is 0.261 e. The predicted molar refractivity (Wildman–Crippen MR) is 75.6 cm³/mol. The third-order valence-corrected chi connectivity index (χ3v) is 4.19. The Labute approximate surface area is 116 Å². The number of hydrogen-bond acceptors (Lipinski definition) is 3. The maximum Gasteiger partial charge on any atom is 0.261 e. The van der Waals surface area contributed by atoms with Crippen molar-refractivity contribution in [2.75, 3.05) is 4.72 Å². The fraction of sp³-hybridized carbons (Fsp3) is 0.0769. The summed E-state index contributed by atoms with van der Waals surface area (Å²) >= 11 is 3.98. The standard InChI is InChI=1S/C13H12FNO2S2/c1-9-2-5-11(6-3-9)19(16,17)15-13-7-4-10(18)8-12(13)14/h2-8,15,18H,1H3. The van der Waals surface area contributed by atoms with E-state index in [2.05, 4.69) is 17.4 Å². The fourth-order valence-corrected chi connectivity index (χ4v) is 2.76. The Bertz CT molecular complexity index is 697. The number of aryl methyl sites for hydroxylation is 1. The van der Waals surface area contributed by atoms with E-state index in [0.29, 0.717) is 4.90 Å². The molecule has 0 unspecified atom stereocenters. The summed E-state index contributed by atoms with van der Waals surface area (Å²) in [4.78, 5) is 0.517. The van der Waals surface area contributed by atoms with Crippen molar-refractivity contribution in [1.82, 2.24) is 0 Å². The zero-order valence-electron chi connectivity index (χ0n) is 10.1. The van der Waals surface area contributed by atoms with Gasteiger partial charge in [0.05, 0.1) is 10.6 Å². The van der Waals surface area contributed by atoms with Crippen molar-refractivity contribution in [2.45, 2.75) is 16.7 Å². The molecule has 0 amide bonds. The highest BCUT2D eigenvalue weighted by Gasteiger charge is 2.15. The van der Waals surface area contributed by atoms with Crippen LogP contribution in [0.3, 0.4) is 0 Å². The molecule has 0 fully saturated rings. The maximum atomic E-state index is 13.6. The molecule has 0 aliphatic heterocycles. The molecule has 100 valence electrons. The lowest BCUT2D eigenvalue weighted by Crippen LogP contribution is -2.13. The van der Waals surface area contributed by atoms with Gasteiger partial charge in [-0.25, -0.2) is 12.8 Å². The van der Waals surface area contributed by atoms with E-state index in [0.717, 1.165) is 11.6 Å². The van der Waals surface area contributed by atoms with Crippen LogP contribution in [0.25, 0.3) is 0 Å². The van der Waals surface area contributed by atoms with Gasteiger partial charge in [0.1, 0.15) is 5.82 Å². The van der Waals surface area contributed by atoms with Gasteiger partial charge in [0.25, 0.3) is 10.0 Å². The van der Waals surface area contributed by atoms with E-state index in [1.807, 2.05) is 6.92 Å². The van der Waals surface area contributed by atoms with Gasteiger partial charge in [0.2, 0.25) is 0 Å². The van der Waals surface area contributed by atoms with Crippen molar-refractivity contribution in [3.05, 3.63) is 53.8 Å². The Morgan fingerprint density at radius 1 is 1.11 bits per heavy atom. The summed E-state index contributed by atoms with van der Waals surface area (Å²) in [5, 5.41) is 0. The zero-order chi connectivity index (χ0) is 14.0. The van der Waals surface area contributed by atoms with Crippen LogP contribution in [-0.4, -0.2) is 8.42 Å². The lowest BCUT2D eigenvalue weighted by Gasteiger charge is -2.09. The van der Waals surface area contributed by atoms with Crippen LogP contribution in [0.2, 0.25) is 0 Å². The largest absolute Gasteiger partial charge is 0.277 e. The molecule has 0 atom stereocenters. The van der Waals surface area contributed by atoms with Crippen molar-refractivity contribution in [3.8, 4) is 0 Å². The first-order valence-electron chi connectivity index (χ1n) is 5.46. The Balaban J connectivity index is 2.33. The molecule has 3 nitrogen and oxygen atoms in total. The molecule has 0 radical (unpaired) electrons. The van der Waals surface area contributed by atoms with Crippen molar-refractivity contribution < 1.29 is 12.8 Å². The summed E-state index contributed by atoms with van der Waals surface area (Å²) in [6.45, 7) is 1.86. The van der Waals surface area contributed by atoms with Crippen LogP contribution in [0, 0.1) is 12.7 Å². The minimum absolute atomic E-state index is 0.0902. The van der Waals surface area contributed by atoms with Gasteiger partial charge in [-0.3, -0.25) is 4.72 Å². The fourth-order valence-electron chi connectivity index (χ4n) is 1.51. The molecule has 2 aromatic carbocycles. The summed E-state index contributed by atoms with van der Waals surface area (Å²) in [6, 6.07) is 10.3. The molecular formula is C13H12FNO2S2. The van der Waals surface area contributed by atoms with E-state index in [1.165, 1.54) is 24.3 Å². The molecule has 2 aromatic rings. The molecule has 6 heteroatoms. The van der Waals surface area contributed by atoms with Crippen LogP contribution in [0.1, 0.15) is 5.56 Å². The van der Waals surface area contributed by atoms with Gasteiger partial charge < -0.3 is 0 Å². The number of benzene rings is 2. The summed E-state index contributed by atoms with van der Waals surface area (Å²) in [7, 11) is -3.78. The SMILES string of the molecule is Cc1ccc(S(=O)(=O)Nc2ccc(S)cc2F)cc1. The van der Waals surface area contributed by atoms with Crippen LogP contribution in [0.5, 0.6) is 0 Å². The summed E-state index contributed by atoms with van der Waals surface area (Å²) in [6.07, 6.45) is 0. The van der Waals surface area contributed by atoms with E-state index in [9.17, 15) is 12.8 Å². The minimum atomic E-state index is -3.78. The third-order valence-electron chi connectivity index (χ3n) is 2.53. The van der Waals surface area contributed by atoms with Crippen LogP contribution in [-0.2, 0) is 10.0 Å². The maximum absolute atomic E-state index is 13.6. The predicted octanol–water partition coefficient (Wildman–Crippen LogP) is 3.22. The highest BCUT2D eigenvalue weighted by molar-refractivity contribution is 7.92. The Kier molecular flexibility index (Phi) is 3.82. The molecule has 19 heavy (non-hydrogen) atoms. The first-order valence-corrected chi connectivity index (χ1v) is 7.39. The molecule has 2 rings (SSSR count). The number of thiol groups is 1. The number of anilines is 1. The molecule has 0 saturated carbocycles. The molecule has 0 aliphatic carbocycles. The normalized spacial score (nSPS) is 11.3. The van der Waals surface area contributed by atoms with Gasteiger partial charge in [0, 0.05) is 4.90 Å². The van der Waals surface area contributed by atoms with E-state index in [-0.39, 0.29) is 10.6 Å². The minimum Gasteiger partial charge on any atom is -0.277 e. The molecular weight excluding hydrogens is 285 g/mol. The Morgan fingerprint density at radius 2 is 1.74 bits per heavy atom. The quantitative estimate of drug-likeness (QED) is 0.854. The van der Waals surface area contributed by atoms with Crippen molar-refractivity contribution in [1.29, 1.82) is 0 Å². The molecule has 0 saturated heterocycles. The average molecular weight is 297 g/mol. The molecule has 1 N–H and O–H groups in total. The van der Waals surface area contributed by atoms with Crippen molar-refractivity contribution in [3.63, 3.8) is 0 Å². The summed E-state index contributed by atoms with van der Waals surface area (Å²) in [5.74, 6) is -0.664. The number of halogens is 1. The van der Waals surface area contributed by atoms with Gasteiger partial charge in [-0.2, -0.15) is 0 Å². The Morgan fingerprint density at radius 3 is 2.32 bits per heavy atom. The van der Waals surface area contributed by atoms with Crippen LogP contribution in [0.15, 0.2) is 52.3 Å². The van der Waals surface area contributed by atoms with Crippen LogP contribution >= 0.6 is 12.6 Å². The lowest BCUT2D eigenvalue weighted by molar-refractivity contribution is 0.598. The molecule has 0 spiro atoms. The van der Waals surface area contributed by atoms with Gasteiger partial charge >= 0.3 is 0 Å². The van der Waals surface area contributed by atoms with Crippen LogP contribution < -0.4 is 4.72 Å². The second kappa shape index (κ2) is 5.22. The molecule has 0 aromatic heterocycles. The van der Waals surface area contributed by atoms with E-state index >= 15 is 0 Å². The summed E-state index contributed by atoms with van der Waals surface area (Å²) < 4.78 is 39.9. The van der Waals surface area contributed by atoms with Gasteiger partial charge in [-0.15, -0.1) is 12.6 Å². The summed E-state index contributed by atoms with van der Waals surface area (Å²) in [5.41, 5.74) is 0.850. The van der Waals surface area contributed by atoms with E-state index < -0.39 is 15.8 Å². The Hall–Kier alpha value is -1.53. The van der Waals surface area contributed by atoms with Gasteiger partial charge in [0.15, 0.2) is 0 Å². The van der Waals surface area contributed by atoms with E-state index in [4.69, 9.17) is 0 Å².